The first-order chi connectivity index (χ1) is 16.4. The first-order valence-corrected chi connectivity index (χ1v) is 11.0. The van der Waals surface area contributed by atoms with Crippen molar-refractivity contribution in [1.29, 1.82) is 0 Å². The number of carbonyl (C=O) groups excluding carboxylic acids is 3. The molecule has 1 amide bonds. The number of carbonyl (C=O) groups is 3. The van der Waals surface area contributed by atoms with Crippen molar-refractivity contribution in [3.8, 4) is 11.3 Å². The van der Waals surface area contributed by atoms with Gasteiger partial charge in [0.25, 0.3) is 5.91 Å². The molecule has 34 heavy (non-hydrogen) atoms. The minimum Gasteiger partial charge on any atom is -0.465 e. The van der Waals surface area contributed by atoms with Crippen LogP contribution in [0, 0.1) is 0 Å². The van der Waals surface area contributed by atoms with Crippen molar-refractivity contribution in [3.05, 3.63) is 94.0 Å². The van der Waals surface area contributed by atoms with E-state index in [-0.39, 0.29) is 16.8 Å². The smallest absolute Gasteiger partial charge is 0.337 e. The van der Waals surface area contributed by atoms with Crippen molar-refractivity contribution in [2.75, 3.05) is 19.5 Å². The van der Waals surface area contributed by atoms with Crippen LogP contribution < -0.4 is 5.32 Å². The van der Waals surface area contributed by atoms with Gasteiger partial charge in [0, 0.05) is 21.1 Å². The fraction of sp³-hybridized carbons (Fsp3) is 0.0769. The van der Waals surface area contributed by atoms with E-state index in [0.29, 0.717) is 22.2 Å². The summed E-state index contributed by atoms with van der Waals surface area (Å²) in [4.78, 5) is 42.3. The second-order valence-corrected chi connectivity index (χ2v) is 8.23. The van der Waals surface area contributed by atoms with Gasteiger partial charge >= 0.3 is 11.9 Å². The average molecular weight is 519 g/mol. The van der Waals surface area contributed by atoms with E-state index < -0.39 is 17.8 Å². The number of esters is 2. The number of halogens is 1. The molecule has 1 heterocycles. The highest BCUT2D eigenvalue weighted by molar-refractivity contribution is 9.10. The van der Waals surface area contributed by atoms with Crippen molar-refractivity contribution in [2.24, 2.45) is 0 Å². The Morgan fingerprint density at radius 2 is 1.50 bits per heavy atom. The first kappa shape index (κ1) is 23.1. The number of anilines is 1. The Hall–Kier alpha value is -4.04. The van der Waals surface area contributed by atoms with Crippen LogP contribution in [-0.4, -0.2) is 37.0 Å². The van der Waals surface area contributed by atoms with Crippen LogP contribution in [0.5, 0.6) is 0 Å². The summed E-state index contributed by atoms with van der Waals surface area (Å²) in [5.41, 5.74) is 2.98. The molecule has 0 saturated carbocycles. The van der Waals surface area contributed by atoms with Crippen LogP contribution in [-0.2, 0) is 9.47 Å². The van der Waals surface area contributed by atoms with E-state index in [4.69, 9.17) is 14.5 Å². The highest BCUT2D eigenvalue weighted by Gasteiger charge is 2.18. The second kappa shape index (κ2) is 9.84. The molecule has 0 fully saturated rings. The molecule has 0 aliphatic rings. The second-order valence-electron chi connectivity index (χ2n) is 7.32. The van der Waals surface area contributed by atoms with E-state index in [0.717, 1.165) is 10.0 Å². The van der Waals surface area contributed by atoms with Crippen LogP contribution in [0.2, 0.25) is 0 Å². The maximum absolute atomic E-state index is 13.4. The Morgan fingerprint density at radius 3 is 2.15 bits per heavy atom. The molecule has 0 atom stereocenters. The van der Waals surface area contributed by atoms with E-state index in [2.05, 4.69) is 21.2 Å². The Kier molecular flexibility index (Phi) is 6.70. The quantitative estimate of drug-likeness (QED) is 0.351. The molecule has 0 saturated heterocycles. The number of methoxy groups -OCH3 is 2. The average Bonchev–Trinajstić information content (AvgIpc) is 2.86. The van der Waals surface area contributed by atoms with Gasteiger partial charge in [-0.3, -0.25) is 4.79 Å². The summed E-state index contributed by atoms with van der Waals surface area (Å²) >= 11 is 3.47. The van der Waals surface area contributed by atoms with Crippen LogP contribution in [0.25, 0.3) is 22.2 Å². The number of ether oxygens (including phenoxy) is 2. The number of nitrogens with one attached hydrogen (secondary N) is 1. The maximum atomic E-state index is 13.4. The fourth-order valence-corrected chi connectivity index (χ4v) is 3.93. The van der Waals surface area contributed by atoms with Crippen molar-refractivity contribution >= 4 is 50.4 Å². The van der Waals surface area contributed by atoms with Gasteiger partial charge in [-0.25, -0.2) is 14.6 Å². The molecule has 8 heteroatoms. The molecule has 1 aromatic heterocycles. The summed E-state index contributed by atoms with van der Waals surface area (Å²) < 4.78 is 10.4. The van der Waals surface area contributed by atoms with Gasteiger partial charge in [-0.15, -0.1) is 0 Å². The molecule has 1 N–H and O–H groups in total. The van der Waals surface area contributed by atoms with Gasteiger partial charge < -0.3 is 14.8 Å². The first-order valence-electron chi connectivity index (χ1n) is 10.2. The van der Waals surface area contributed by atoms with Gasteiger partial charge in [-0.05, 0) is 42.5 Å². The Labute approximate surface area is 203 Å². The van der Waals surface area contributed by atoms with Gasteiger partial charge in [0.15, 0.2) is 0 Å². The molecule has 0 unspecified atom stereocenters. The largest absolute Gasteiger partial charge is 0.465 e. The van der Waals surface area contributed by atoms with Crippen LogP contribution in [0.4, 0.5) is 5.69 Å². The van der Waals surface area contributed by atoms with E-state index >= 15 is 0 Å². The highest BCUT2D eigenvalue weighted by Crippen LogP contribution is 2.28. The van der Waals surface area contributed by atoms with Gasteiger partial charge in [-0.1, -0.05) is 46.3 Å². The number of hydrogen-bond acceptors (Lipinski definition) is 6. The lowest BCUT2D eigenvalue weighted by molar-refractivity contribution is 0.0599. The summed E-state index contributed by atoms with van der Waals surface area (Å²) in [5.74, 6) is -1.72. The standard InChI is InChI=1S/C26H19BrN2O5/c1-33-25(31)16-10-17(26(32)34-2)13-19(12-16)28-24(30)21-14-23(15-6-5-7-18(27)11-15)29-22-9-4-3-8-20(21)22/h3-14H,1-2H3,(H,28,30). The van der Waals surface area contributed by atoms with E-state index in [1.165, 1.54) is 32.4 Å². The SMILES string of the molecule is COC(=O)c1cc(NC(=O)c2cc(-c3cccc(Br)c3)nc3ccccc23)cc(C(=O)OC)c1. The number of para-hydroxylation sites is 1. The topological polar surface area (TPSA) is 94.6 Å². The third-order valence-electron chi connectivity index (χ3n) is 5.11. The van der Waals surface area contributed by atoms with Crippen molar-refractivity contribution in [2.45, 2.75) is 0 Å². The zero-order valence-corrected chi connectivity index (χ0v) is 19.9. The number of aromatic nitrogens is 1. The lowest BCUT2D eigenvalue weighted by Crippen LogP contribution is -2.15. The molecule has 7 nitrogen and oxygen atoms in total. The Morgan fingerprint density at radius 1 is 0.824 bits per heavy atom. The minimum absolute atomic E-state index is 0.107. The summed E-state index contributed by atoms with van der Waals surface area (Å²) in [7, 11) is 2.47. The van der Waals surface area contributed by atoms with Crippen LogP contribution in [0.3, 0.4) is 0 Å². The van der Waals surface area contributed by atoms with E-state index in [9.17, 15) is 14.4 Å². The lowest BCUT2D eigenvalue weighted by Gasteiger charge is -2.12. The highest BCUT2D eigenvalue weighted by atomic mass is 79.9. The van der Waals surface area contributed by atoms with E-state index in [1.807, 2.05) is 48.5 Å². The van der Waals surface area contributed by atoms with Gasteiger partial charge in [-0.2, -0.15) is 0 Å². The van der Waals surface area contributed by atoms with Crippen molar-refractivity contribution in [3.63, 3.8) is 0 Å². The third kappa shape index (κ3) is 4.82. The number of fused-ring (bicyclic) bond motifs is 1. The predicted molar refractivity (Wildman–Crippen MR) is 132 cm³/mol. The number of amides is 1. The third-order valence-corrected chi connectivity index (χ3v) is 5.61. The van der Waals surface area contributed by atoms with Gasteiger partial charge in [0.2, 0.25) is 0 Å². The summed E-state index contributed by atoms with van der Waals surface area (Å²) in [5, 5.41) is 3.45. The van der Waals surface area contributed by atoms with Gasteiger partial charge in [0.1, 0.15) is 0 Å². The number of pyridine rings is 1. The lowest BCUT2D eigenvalue weighted by atomic mass is 10.0. The zero-order chi connectivity index (χ0) is 24.2. The number of rotatable bonds is 5. The van der Waals surface area contributed by atoms with E-state index in [1.54, 1.807) is 6.07 Å². The van der Waals surface area contributed by atoms with Crippen LogP contribution in [0.15, 0.2) is 77.3 Å². The molecule has 4 aromatic rings. The molecule has 0 bridgehead atoms. The summed E-state index contributed by atoms with van der Waals surface area (Å²) in [6.07, 6.45) is 0. The molecule has 3 aromatic carbocycles. The van der Waals surface area contributed by atoms with Crippen molar-refractivity contribution < 1.29 is 23.9 Å². The molecule has 0 spiro atoms. The van der Waals surface area contributed by atoms with Crippen LogP contribution in [0.1, 0.15) is 31.1 Å². The normalized spacial score (nSPS) is 10.6. The minimum atomic E-state index is -0.646. The number of nitrogens with zero attached hydrogens (tertiary/aromatic N) is 1. The van der Waals surface area contributed by atoms with Crippen molar-refractivity contribution in [1.82, 2.24) is 4.98 Å². The zero-order valence-electron chi connectivity index (χ0n) is 18.3. The maximum Gasteiger partial charge on any atom is 0.337 e. The predicted octanol–water partition coefficient (Wildman–Crippen LogP) is 5.49. The monoisotopic (exact) mass is 518 g/mol. The summed E-state index contributed by atoms with van der Waals surface area (Å²) in [6.45, 7) is 0. The Balaban J connectivity index is 1.79. The molecule has 0 radical (unpaired) electrons. The molecular formula is C26H19BrN2O5. The molecular weight excluding hydrogens is 500 g/mol. The fourth-order valence-electron chi connectivity index (χ4n) is 3.53. The van der Waals surface area contributed by atoms with Gasteiger partial charge in [0.05, 0.1) is 42.1 Å². The summed E-state index contributed by atoms with van der Waals surface area (Å²) in [6, 6.07) is 20.9. The van der Waals surface area contributed by atoms with Crippen LogP contribution >= 0.6 is 15.9 Å². The molecule has 170 valence electrons. The number of hydrogen-bond donors (Lipinski definition) is 1. The molecule has 0 aliphatic heterocycles. The Bertz CT molecular complexity index is 1400. The molecule has 0 aliphatic carbocycles. The molecule has 4 rings (SSSR count). The number of benzene rings is 3.